The fraction of sp³-hybridized carbons (Fsp3) is 0.136. The van der Waals surface area contributed by atoms with Gasteiger partial charge in [0.2, 0.25) is 5.95 Å². The minimum absolute atomic E-state index is 0.138. The van der Waals surface area contributed by atoms with Crippen LogP contribution in [0, 0.1) is 0 Å². The van der Waals surface area contributed by atoms with Crippen LogP contribution in [-0.2, 0) is 13.2 Å². The van der Waals surface area contributed by atoms with Crippen molar-refractivity contribution in [2.75, 3.05) is 12.4 Å². The number of carbonyl (C=O) groups excluding carboxylic acids is 1. The minimum Gasteiger partial charge on any atom is -0.497 e. The van der Waals surface area contributed by atoms with Crippen molar-refractivity contribution in [3.05, 3.63) is 89.1 Å². The van der Waals surface area contributed by atoms with E-state index in [1.807, 2.05) is 18.2 Å². The summed E-state index contributed by atoms with van der Waals surface area (Å²) in [6.45, 7) is 0.670. The van der Waals surface area contributed by atoms with E-state index >= 15 is 0 Å². The molecule has 1 N–H and O–H groups in total. The molecule has 0 aliphatic carbocycles. The third-order valence-corrected chi connectivity index (χ3v) is 4.56. The summed E-state index contributed by atoms with van der Waals surface area (Å²) in [5.41, 5.74) is 0.975. The predicted molar refractivity (Wildman–Crippen MR) is 115 cm³/mol. The number of furan rings is 1. The molecule has 0 fully saturated rings. The van der Waals surface area contributed by atoms with Crippen LogP contribution in [0.5, 0.6) is 11.5 Å². The summed E-state index contributed by atoms with van der Waals surface area (Å²) in [6, 6.07) is 17.9. The molecule has 8 nitrogen and oxygen atoms in total. The van der Waals surface area contributed by atoms with Gasteiger partial charge in [-0.25, -0.2) is 9.67 Å². The highest BCUT2D eigenvalue weighted by atomic mass is 35.5. The second-order valence-corrected chi connectivity index (χ2v) is 7.02. The maximum Gasteiger partial charge on any atom is 0.293 e. The maximum atomic E-state index is 12.4. The Balaban J connectivity index is 1.32. The second kappa shape index (κ2) is 9.36. The van der Waals surface area contributed by atoms with Crippen molar-refractivity contribution in [1.82, 2.24) is 14.8 Å². The van der Waals surface area contributed by atoms with E-state index in [2.05, 4.69) is 15.4 Å². The first-order valence-corrected chi connectivity index (χ1v) is 9.77. The molecule has 0 bridgehead atoms. The van der Waals surface area contributed by atoms with Crippen molar-refractivity contribution in [3.63, 3.8) is 0 Å². The van der Waals surface area contributed by atoms with Gasteiger partial charge in [-0.2, -0.15) is 0 Å². The molecule has 0 aliphatic rings. The largest absolute Gasteiger partial charge is 0.497 e. The minimum atomic E-state index is -0.448. The number of hydrogen-bond acceptors (Lipinski definition) is 6. The first-order valence-electron chi connectivity index (χ1n) is 9.40. The quantitative estimate of drug-likeness (QED) is 0.438. The van der Waals surface area contributed by atoms with E-state index in [4.69, 9.17) is 25.5 Å². The lowest BCUT2D eigenvalue weighted by Crippen LogP contribution is -2.12. The molecule has 4 aromatic rings. The lowest BCUT2D eigenvalue weighted by Gasteiger charge is -2.05. The molecule has 0 atom stereocenters. The molecule has 0 saturated heterocycles. The Bertz CT molecular complexity index is 1170. The SMILES string of the molecule is COc1ccc(OCc2ccc(C(=O)Nc3ncn(Cc4cccc(Cl)c4)n3)o2)cc1. The highest BCUT2D eigenvalue weighted by Crippen LogP contribution is 2.19. The van der Waals surface area contributed by atoms with Crippen molar-refractivity contribution in [3.8, 4) is 11.5 Å². The lowest BCUT2D eigenvalue weighted by atomic mass is 10.2. The van der Waals surface area contributed by atoms with Gasteiger partial charge in [-0.1, -0.05) is 23.7 Å². The number of aromatic nitrogens is 3. The summed E-state index contributed by atoms with van der Waals surface area (Å²) in [6.07, 6.45) is 1.53. The topological polar surface area (TPSA) is 91.4 Å². The Hall–Kier alpha value is -3.78. The van der Waals surface area contributed by atoms with Gasteiger partial charge in [0.05, 0.1) is 13.7 Å². The number of ether oxygens (including phenoxy) is 2. The van der Waals surface area contributed by atoms with Gasteiger partial charge in [0.15, 0.2) is 5.76 Å². The lowest BCUT2D eigenvalue weighted by molar-refractivity contribution is 0.0991. The zero-order chi connectivity index (χ0) is 21.6. The summed E-state index contributed by atoms with van der Waals surface area (Å²) in [4.78, 5) is 16.5. The molecule has 158 valence electrons. The number of hydrogen-bond donors (Lipinski definition) is 1. The Morgan fingerprint density at radius 1 is 1.13 bits per heavy atom. The summed E-state index contributed by atoms with van der Waals surface area (Å²) < 4.78 is 17.9. The Labute approximate surface area is 183 Å². The van der Waals surface area contributed by atoms with Crippen LogP contribution in [-0.4, -0.2) is 27.8 Å². The van der Waals surface area contributed by atoms with Crippen LogP contribution in [0.25, 0.3) is 0 Å². The molecular weight excluding hydrogens is 420 g/mol. The van der Waals surface area contributed by atoms with E-state index in [0.717, 1.165) is 11.3 Å². The predicted octanol–water partition coefficient (Wildman–Crippen LogP) is 4.41. The monoisotopic (exact) mass is 438 g/mol. The molecular formula is C22H19ClN4O4. The van der Waals surface area contributed by atoms with Crippen LogP contribution in [0.15, 0.2) is 71.4 Å². The van der Waals surface area contributed by atoms with Gasteiger partial charge in [0.25, 0.3) is 5.91 Å². The van der Waals surface area contributed by atoms with Gasteiger partial charge >= 0.3 is 0 Å². The molecule has 0 radical (unpaired) electrons. The number of rotatable bonds is 8. The second-order valence-electron chi connectivity index (χ2n) is 6.58. The van der Waals surface area contributed by atoms with Crippen LogP contribution in [0.2, 0.25) is 5.02 Å². The molecule has 0 aliphatic heterocycles. The average molecular weight is 439 g/mol. The zero-order valence-electron chi connectivity index (χ0n) is 16.6. The number of nitrogens with zero attached hydrogens (tertiary/aromatic N) is 3. The normalized spacial score (nSPS) is 10.6. The van der Waals surface area contributed by atoms with Crippen LogP contribution in [0.1, 0.15) is 21.9 Å². The molecule has 2 aromatic carbocycles. The van der Waals surface area contributed by atoms with Gasteiger partial charge in [-0.05, 0) is 54.1 Å². The molecule has 0 unspecified atom stereocenters. The Morgan fingerprint density at radius 3 is 2.71 bits per heavy atom. The zero-order valence-corrected chi connectivity index (χ0v) is 17.4. The van der Waals surface area contributed by atoms with E-state index in [1.165, 1.54) is 6.33 Å². The fourth-order valence-corrected chi connectivity index (χ4v) is 3.03. The summed E-state index contributed by atoms with van der Waals surface area (Å²) in [5.74, 6) is 1.79. The number of halogens is 1. The Morgan fingerprint density at radius 2 is 1.94 bits per heavy atom. The number of carbonyl (C=O) groups is 1. The number of anilines is 1. The summed E-state index contributed by atoms with van der Waals surface area (Å²) >= 11 is 6.00. The maximum absolute atomic E-state index is 12.4. The van der Waals surface area contributed by atoms with Gasteiger partial charge in [-0.15, -0.1) is 5.10 Å². The molecule has 1 amide bonds. The van der Waals surface area contributed by atoms with Crippen molar-refractivity contribution in [1.29, 1.82) is 0 Å². The molecule has 2 heterocycles. The molecule has 4 rings (SSSR count). The number of methoxy groups -OCH3 is 1. The van der Waals surface area contributed by atoms with Gasteiger partial charge in [0.1, 0.15) is 30.2 Å². The van der Waals surface area contributed by atoms with Crippen molar-refractivity contribution in [2.45, 2.75) is 13.2 Å². The van der Waals surface area contributed by atoms with Gasteiger partial charge < -0.3 is 13.9 Å². The van der Waals surface area contributed by atoms with E-state index in [1.54, 1.807) is 54.3 Å². The summed E-state index contributed by atoms with van der Waals surface area (Å²) in [5, 5.41) is 7.52. The van der Waals surface area contributed by atoms with Crippen molar-refractivity contribution < 1.29 is 18.7 Å². The van der Waals surface area contributed by atoms with E-state index < -0.39 is 5.91 Å². The third kappa shape index (κ3) is 5.43. The smallest absolute Gasteiger partial charge is 0.293 e. The highest BCUT2D eigenvalue weighted by Gasteiger charge is 2.14. The first kappa shape index (κ1) is 20.5. The Kier molecular flexibility index (Phi) is 6.18. The molecule has 2 aromatic heterocycles. The van der Waals surface area contributed by atoms with Crippen LogP contribution >= 0.6 is 11.6 Å². The number of nitrogens with one attached hydrogen (secondary N) is 1. The van der Waals surface area contributed by atoms with Crippen LogP contribution < -0.4 is 14.8 Å². The molecule has 31 heavy (non-hydrogen) atoms. The molecule has 0 spiro atoms. The first-order chi connectivity index (χ1) is 15.1. The van der Waals surface area contributed by atoms with Crippen molar-refractivity contribution in [2.24, 2.45) is 0 Å². The van der Waals surface area contributed by atoms with E-state index in [0.29, 0.717) is 23.1 Å². The molecule has 0 saturated carbocycles. The van der Waals surface area contributed by atoms with Gasteiger partial charge in [0, 0.05) is 5.02 Å². The van der Waals surface area contributed by atoms with Crippen molar-refractivity contribution >= 4 is 23.5 Å². The fourth-order valence-electron chi connectivity index (χ4n) is 2.82. The van der Waals surface area contributed by atoms with Crippen LogP contribution in [0.4, 0.5) is 5.95 Å². The van der Waals surface area contributed by atoms with Crippen LogP contribution in [0.3, 0.4) is 0 Å². The highest BCUT2D eigenvalue weighted by molar-refractivity contribution is 6.30. The molecule has 9 heteroatoms. The van der Waals surface area contributed by atoms with Gasteiger partial charge in [-0.3, -0.25) is 10.1 Å². The van der Waals surface area contributed by atoms with E-state index in [9.17, 15) is 4.79 Å². The third-order valence-electron chi connectivity index (χ3n) is 4.32. The number of benzene rings is 2. The number of amides is 1. The van der Waals surface area contributed by atoms with E-state index in [-0.39, 0.29) is 18.3 Å². The summed E-state index contributed by atoms with van der Waals surface area (Å²) in [7, 11) is 1.60. The average Bonchev–Trinajstić information content (AvgIpc) is 3.42. The standard InChI is InChI=1S/C22H19ClN4O4/c1-29-17-5-7-18(8-6-17)30-13-19-9-10-20(31-19)21(28)25-22-24-14-27(26-22)12-15-3-2-4-16(23)11-15/h2-11,14H,12-13H2,1H3,(H,25,26,28).